The first kappa shape index (κ1) is 15.8. The molecule has 2 aromatic carbocycles. The summed E-state index contributed by atoms with van der Waals surface area (Å²) < 4.78 is 19.3. The Balaban J connectivity index is 1.98. The highest BCUT2D eigenvalue weighted by Crippen LogP contribution is 2.30. The van der Waals surface area contributed by atoms with Crippen LogP contribution in [-0.4, -0.2) is 12.1 Å². The highest BCUT2D eigenvalue weighted by atomic mass is 19.1. The van der Waals surface area contributed by atoms with Crippen molar-refractivity contribution in [2.45, 2.75) is 13.5 Å². The van der Waals surface area contributed by atoms with Crippen LogP contribution in [0.5, 0.6) is 5.75 Å². The Bertz CT molecular complexity index is 947. The van der Waals surface area contributed by atoms with E-state index < -0.39 is 0 Å². The molecule has 0 bridgehead atoms. The zero-order valence-electron chi connectivity index (χ0n) is 13.4. The minimum absolute atomic E-state index is 0.275. The number of methoxy groups -OCH3 is 1. The van der Waals surface area contributed by atoms with Gasteiger partial charge in [-0.1, -0.05) is 12.1 Å². The Hall–Kier alpha value is -3.13. The Morgan fingerprint density at radius 1 is 1.25 bits per heavy atom. The van der Waals surface area contributed by atoms with E-state index in [1.807, 2.05) is 37.3 Å². The topological polar surface area (TPSA) is 57.9 Å². The molecule has 0 spiro atoms. The lowest BCUT2D eigenvalue weighted by atomic mass is 10.1. The molecule has 0 saturated heterocycles. The van der Waals surface area contributed by atoms with Gasteiger partial charge in [-0.05, 0) is 37.3 Å². The molecule has 0 amide bonds. The number of rotatable bonds is 4. The van der Waals surface area contributed by atoms with Crippen LogP contribution in [0.2, 0.25) is 0 Å². The van der Waals surface area contributed by atoms with Gasteiger partial charge < -0.3 is 10.1 Å². The van der Waals surface area contributed by atoms with Gasteiger partial charge in [-0.3, -0.25) is 0 Å². The molecule has 3 aromatic rings. The van der Waals surface area contributed by atoms with Gasteiger partial charge in [0.2, 0.25) is 0 Å². The van der Waals surface area contributed by atoms with Gasteiger partial charge in [0, 0.05) is 28.9 Å². The molecule has 0 unspecified atom stereocenters. The first-order valence-electron chi connectivity index (χ1n) is 7.49. The standard InChI is InChI=1S/C19H16FN3O/c1-12-8-17(15-4-3-5-18(24-2)19(15)23-12)22-11-14-9-13(10-21)6-7-16(14)20/h3-9H,11H2,1-2H3,(H,22,23). The average Bonchev–Trinajstić information content (AvgIpc) is 2.60. The van der Waals surface area contributed by atoms with Crippen molar-refractivity contribution < 1.29 is 9.13 Å². The van der Waals surface area contributed by atoms with Crippen molar-refractivity contribution in [1.29, 1.82) is 5.26 Å². The maximum absolute atomic E-state index is 13.9. The van der Waals surface area contributed by atoms with Gasteiger partial charge in [0.1, 0.15) is 17.1 Å². The van der Waals surface area contributed by atoms with E-state index in [2.05, 4.69) is 10.3 Å². The summed E-state index contributed by atoms with van der Waals surface area (Å²) in [5, 5.41) is 13.1. The molecule has 4 nitrogen and oxygen atoms in total. The number of para-hydroxylation sites is 1. The molecule has 1 aromatic heterocycles. The van der Waals surface area contributed by atoms with Gasteiger partial charge in [0.25, 0.3) is 0 Å². The largest absolute Gasteiger partial charge is 0.494 e. The number of aromatic nitrogens is 1. The molecule has 0 saturated carbocycles. The van der Waals surface area contributed by atoms with Crippen molar-refractivity contribution in [3.63, 3.8) is 0 Å². The second kappa shape index (κ2) is 6.55. The summed E-state index contributed by atoms with van der Waals surface area (Å²) in [7, 11) is 1.61. The molecular formula is C19H16FN3O. The zero-order chi connectivity index (χ0) is 17.1. The Kier molecular flexibility index (Phi) is 4.30. The molecule has 0 aliphatic rings. The number of fused-ring (bicyclic) bond motifs is 1. The number of anilines is 1. The van der Waals surface area contributed by atoms with Crippen molar-refractivity contribution in [2.24, 2.45) is 0 Å². The fourth-order valence-corrected chi connectivity index (χ4v) is 2.63. The number of ether oxygens (including phenoxy) is 1. The number of nitrogens with one attached hydrogen (secondary N) is 1. The molecule has 0 radical (unpaired) electrons. The summed E-state index contributed by atoms with van der Waals surface area (Å²) in [5.41, 5.74) is 3.32. The predicted octanol–water partition coefficient (Wildman–Crippen LogP) is 4.17. The van der Waals surface area contributed by atoms with Crippen LogP contribution in [0, 0.1) is 24.1 Å². The second-order valence-corrected chi connectivity index (χ2v) is 5.44. The van der Waals surface area contributed by atoms with Crippen molar-refractivity contribution in [1.82, 2.24) is 4.98 Å². The third kappa shape index (κ3) is 2.99. The third-order valence-electron chi connectivity index (χ3n) is 3.79. The number of pyridine rings is 1. The monoisotopic (exact) mass is 321 g/mol. The van der Waals surface area contributed by atoms with Gasteiger partial charge >= 0.3 is 0 Å². The molecule has 0 aliphatic heterocycles. The number of nitriles is 1. The summed E-state index contributed by atoms with van der Waals surface area (Å²) in [6.07, 6.45) is 0. The SMILES string of the molecule is COc1cccc2c(NCc3cc(C#N)ccc3F)cc(C)nc12. The van der Waals surface area contributed by atoms with Crippen molar-refractivity contribution in [2.75, 3.05) is 12.4 Å². The molecule has 0 atom stereocenters. The Labute approximate surface area is 139 Å². The van der Waals surface area contributed by atoms with E-state index in [0.717, 1.165) is 22.3 Å². The first-order valence-corrected chi connectivity index (χ1v) is 7.49. The summed E-state index contributed by atoms with van der Waals surface area (Å²) in [5.74, 6) is 0.353. The van der Waals surface area contributed by atoms with Crippen molar-refractivity contribution in [3.05, 3.63) is 65.1 Å². The highest BCUT2D eigenvalue weighted by Gasteiger charge is 2.10. The number of benzene rings is 2. The van der Waals surface area contributed by atoms with Crippen LogP contribution >= 0.6 is 0 Å². The van der Waals surface area contributed by atoms with E-state index in [4.69, 9.17) is 10.00 Å². The quantitative estimate of drug-likeness (QED) is 0.783. The Morgan fingerprint density at radius 2 is 2.08 bits per heavy atom. The summed E-state index contributed by atoms with van der Waals surface area (Å²) in [6.45, 7) is 2.17. The Morgan fingerprint density at radius 3 is 2.83 bits per heavy atom. The minimum Gasteiger partial charge on any atom is -0.494 e. The van der Waals surface area contributed by atoms with Crippen molar-refractivity contribution in [3.8, 4) is 11.8 Å². The average molecular weight is 321 g/mol. The fourth-order valence-electron chi connectivity index (χ4n) is 2.63. The third-order valence-corrected chi connectivity index (χ3v) is 3.79. The number of nitrogens with zero attached hydrogens (tertiary/aromatic N) is 2. The second-order valence-electron chi connectivity index (χ2n) is 5.44. The van der Waals surface area contributed by atoms with Crippen LogP contribution in [0.1, 0.15) is 16.8 Å². The van der Waals surface area contributed by atoms with Crippen molar-refractivity contribution >= 4 is 16.6 Å². The lowest BCUT2D eigenvalue weighted by molar-refractivity contribution is 0.419. The smallest absolute Gasteiger partial charge is 0.145 e. The molecule has 1 N–H and O–H groups in total. The molecule has 5 heteroatoms. The summed E-state index contributed by atoms with van der Waals surface area (Å²) >= 11 is 0. The summed E-state index contributed by atoms with van der Waals surface area (Å²) in [6, 6.07) is 14.0. The van der Waals surface area contributed by atoms with Crippen LogP contribution in [0.25, 0.3) is 10.9 Å². The van der Waals surface area contributed by atoms with E-state index in [-0.39, 0.29) is 12.4 Å². The number of hydrogen-bond donors (Lipinski definition) is 1. The maximum Gasteiger partial charge on any atom is 0.145 e. The van der Waals surface area contributed by atoms with Crippen LogP contribution in [0.3, 0.4) is 0 Å². The number of hydrogen-bond acceptors (Lipinski definition) is 4. The lowest BCUT2D eigenvalue weighted by Gasteiger charge is -2.13. The highest BCUT2D eigenvalue weighted by molar-refractivity contribution is 5.95. The van der Waals surface area contributed by atoms with Gasteiger partial charge in [-0.2, -0.15) is 5.26 Å². The van der Waals surface area contributed by atoms with E-state index in [1.54, 1.807) is 13.2 Å². The number of halogens is 1. The molecule has 120 valence electrons. The molecule has 1 heterocycles. The van der Waals surface area contributed by atoms with E-state index in [9.17, 15) is 4.39 Å². The van der Waals surface area contributed by atoms with E-state index >= 15 is 0 Å². The zero-order valence-corrected chi connectivity index (χ0v) is 13.4. The van der Waals surface area contributed by atoms with Crippen LogP contribution in [0.4, 0.5) is 10.1 Å². The fraction of sp³-hybridized carbons (Fsp3) is 0.158. The van der Waals surface area contributed by atoms with Gasteiger partial charge in [-0.15, -0.1) is 0 Å². The molecule has 3 rings (SSSR count). The summed E-state index contributed by atoms with van der Waals surface area (Å²) in [4.78, 5) is 4.52. The molecule has 0 fully saturated rings. The van der Waals surface area contributed by atoms with Crippen LogP contribution in [0.15, 0.2) is 42.5 Å². The van der Waals surface area contributed by atoms with E-state index in [0.29, 0.717) is 16.9 Å². The molecule has 0 aliphatic carbocycles. The number of aryl methyl sites for hydroxylation is 1. The predicted molar refractivity (Wildman–Crippen MR) is 91.5 cm³/mol. The molecule has 24 heavy (non-hydrogen) atoms. The normalized spacial score (nSPS) is 10.4. The molecular weight excluding hydrogens is 305 g/mol. The van der Waals surface area contributed by atoms with Crippen LogP contribution < -0.4 is 10.1 Å². The van der Waals surface area contributed by atoms with E-state index in [1.165, 1.54) is 12.1 Å². The van der Waals surface area contributed by atoms with Gasteiger partial charge in [0.05, 0.1) is 18.7 Å². The van der Waals surface area contributed by atoms with Crippen LogP contribution in [-0.2, 0) is 6.54 Å². The first-order chi connectivity index (χ1) is 11.6. The lowest BCUT2D eigenvalue weighted by Crippen LogP contribution is -2.04. The van der Waals surface area contributed by atoms with Gasteiger partial charge in [-0.25, -0.2) is 9.37 Å². The minimum atomic E-state index is -0.339. The maximum atomic E-state index is 13.9. The van der Waals surface area contributed by atoms with Gasteiger partial charge in [0.15, 0.2) is 0 Å².